The molecule has 0 amide bonds. The Hall–Kier alpha value is -3.92. The fraction of sp³-hybridized carbons (Fsp3) is 0.0526. The lowest BCUT2D eigenvalue weighted by molar-refractivity contribution is 0.0601. The van der Waals surface area contributed by atoms with Crippen LogP contribution in [-0.4, -0.2) is 23.0 Å². The Labute approximate surface area is 150 Å². The molecule has 0 saturated carbocycles. The molecule has 0 aliphatic heterocycles. The molecule has 128 valence electrons. The third-order valence-electron chi connectivity index (χ3n) is 3.51. The van der Waals surface area contributed by atoms with Gasteiger partial charge in [-0.05, 0) is 42.5 Å². The largest absolute Gasteiger partial charge is 0.465 e. The van der Waals surface area contributed by atoms with Crippen LogP contribution in [-0.2, 0) is 4.74 Å². The van der Waals surface area contributed by atoms with Crippen molar-refractivity contribution in [2.24, 2.45) is 0 Å². The van der Waals surface area contributed by atoms with E-state index >= 15 is 0 Å². The number of ether oxygens (including phenoxy) is 1. The van der Waals surface area contributed by atoms with E-state index < -0.39 is 0 Å². The van der Waals surface area contributed by atoms with Crippen LogP contribution in [0.15, 0.2) is 60.9 Å². The van der Waals surface area contributed by atoms with Crippen LogP contribution in [0.1, 0.15) is 15.9 Å². The van der Waals surface area contributed by atoms with E-state index in [0.717, 1.165) is 11.4 Å². The number of esters is 1. The molecule has 3 aromatic rings. The van der Waals surface area contributed by atoms with Gasteiger partial charge in [0.1, 0.15) is 18.0 Å². The molecule has 7 heteroatoms. The highest BCUT2D eigenvalue weighted by Crippen LogP contribution is 2.20. The van der Waals surface area contributed by atoms with Crippen molar-refractivity contribution in [2.75, 3.05) is 17.7 Å². The molecule has 0 fully saturated rings. The normalized spacial score (nSPS) is 9.85. The molecule has 0 radical (unpaired) electrons. The minimum atomic E-state index is -0.385. The van der Waals surface area contributed by atoms with E-state index in [-0.39, 0.29) is 5.97 Å². The smallest absolute Gasteiger partial charge is 0.337 e. The Bertz CT molecular complexity index is 964. The number of anilines is 4. The van der Waals surface area contributed by atoms with Crippen molar-refractivity contribution in [1.29, 1.82) is 5.26 Å². The summed E-state index contributed by atoms with van der Waals surface area (Å²) < 4.78 is 4.67. The molecule has 2 N–H and O–H groups in total. The Morgan fingerprint density at radius 3 is 2.35 bits per heavy atom. The summed E-state index contributed by atoms with van der Waals surface area (Å²) in [5.41, 5.74) is 2.57. The second-order valence-electron chi connectivity index (χ2n) is 5.30. The van der Waals surface area contributed by atoms with E-state index in [1.54, 1.807) is 48.5 Å². The molecule has 1 aromatic heterocycles. The van der Waals surface area contributed by atoms with Crippen LogP contribution in [0.3, 0.4) is 0 Å². The summed E-state index contributed by atoms with van der Waals surface area (Å²) in [4.78, 5) is 19.8. The zero-order valence-corrected chi connectivity index (χ0v) is 13.9. The fourth-order valence-corrected chi connectivity index (χ4v) is 2.26. The molecule has 0 spiro atoms. The van der Waals surface area contributed by atoms with Crippen molar-refractivity contribution in [3.05, 3.63) is 72.1 Å². The van der Waals surface area contributed by atoms with Gasteiger partial charge < -0.3 is 15.4 Å². The predicted octanol–water partition coefficient (Wildman–Crippen LogP) is 3.62. The van der Waals surface area contributed by atoms with Crippen molar-refractivity contribution < 1.29 is 9.53 Å². The molecule has 1 heterocycles. The first-order valence-corrected chi connectivity index (χ1v) is 7.72. The highest BCUT2D eigenvalue weighted by atomic mass is 16.5. The van der Waals surface area contributed by atoms with Crippen molar-refractivity contribution in [3.63, 3.8) is 0 Å². The van der Waals surface area contributed by atoms with Crippen LogP contribution >= 0.6 is 0 Å². The van der Waals surface area contributed by atoms with E-state index in [4.69, 9.17) is 5.26 Å². The van der Waals surface area contributed by atoms with Crippen LogP contribution in [0, 0.1) is 11.3 Å². The first kappa shape index (κ1) is 16.9. The summed E-state index contributed by atoms with van der Waals surface area (Å²) in [6.07, 6.45) is 1.43. The van der Waals surface area contributed by atoms with E-state index in [0.29, 0.717) is 22.8 Å². The third kappa shape index (κ3) is 4.13. The SMILES string of the molecule is COC(=O)c1ccc(Nc2cc(Nc3cccc(C#N)c3)ncn2)cc1. The van der Waals surface area contributed by atoms with Crippen molar-refractivity contribution in [3.8, 4) is 6.07 Å². The van der Waals surface area contributed by atoms with Crippen LogP contribution in [0.2, 0.25) is 0 Å². The quantitative estimate of drug-likeness (QED) is 0.681. The van der Waals surface area contributed by atoms with Gasteiger partial charge in [0, 0.05) is 17.4 Å². The van der Waals surface area contributed by atoms with Gasteiger partial charge in [-0.25, -0.2) is 14.8 Å². The van der Waals surface area contributed by atoms with Gasteiger partial charge in [-0.1, -0.05) is 6.07 Å². The highest BCUT2D eigenvalue weighted by Gasteiger charge is 2.05. The lowest BCUT2D eigenvalue weighted by atomic mass is 10.2. The molecule has 7 nitrogen and oxygen atoms in total. The molecule has 0 bridgehead atoms. The summed E-state index contributed by atoms with van der Waals surface area (Å²) >= 11 is 0. The number of hydrogen-bond acceptors (Lipinski definition) is 7. The number of rotatable bonds is 5. The minimum absolute atomic E-state index is 0.385. The Kier molecular flexibility index (Phi) is 5.05. The number of aromatic nitrogens is 2. The van der Waals surface area contributed by atoms with Crippen LogP contribution in [0.5, 0.6) is 0 Å². The topological polar surface area (TPSA) is 99.9 Å². The maximum Gasteiger partial charge on any atom is 0.337 e. The Morgan fingerprint density at radius 2 is 1.69 bits per heavy atom. The van der Waals surface area contributed by atoms with Gasteiger partial charge >= 0.3 is 5.97 Å². The van der Waals surface area contributed by atoms with Gasteiger partial charge in [0.2, 0.25) is 0 Å². The number of methoxy groups -OCH3 is 1. The Balaban J connectivity index is 1.73. The minimum Gasteiger partial charge on any atom is -0.465 e. The van der Waals surface area contributed by atoms with E-state index in [1.807, 2.05) is 6.07 Å². The fourth-order valence-electron chi connectivity index (χ4n) is 2.26. The summed E-state index contributed by atoms with van der Waals surface area (Å²) in [5.74, 6) is 0.790. The number of carbonyl (C=O) groups excluding carboxylic acids is 1. The summed E-state index contributed by atoms with van der Waals surface area (Å²) in [6, 6.07) is 17.8. The second-order valence-corrected chi connectivity index (χ2v) is 5.30. The molecular weight excluding hydrogens is 330 g/mol. The standard InChI is InChI=1S/C19H15N5O2/c1-26-19(25)14-5-7-15(8-6-14)23-17-10-18(22-12-21-17)24-16-4-2-3-13(9-16)11-20/h2-10,12H,1H3,(H2,21,22,23,24). The van der Waals surface area contributed by atoms with E-state index in [1.165, 1.54) is 13.4 Å². The number of benzene rings is 2. The number of carbonyl (C=O) groups is 1. The van der Waals surface area contributed by atoms with Crippen LogP contribution in [0.4, 0.5) is 23.0 Å². The molecule has 26 heavy (non-hydrogen) atoms. The van der Waals surface area contributed by atoms with Crippen molar-refractivity contribution >= 4 is 29.0 Å². The van der Waals surface area contributed by atoms with Crippen molar-refractivity contribution in [1.82, 2.24) is 9.97 Å². The van der Waals surface area contributed by atoms with E-state index in [2.05, 4.69) is 31.4 Å². The lowest BCUT2D eigenvalue weighted by Gasteiger charge is -2.09. The molecule has 3 rings (SSSR count). The zero-order chi connectivity index (χ0) is 18.4. The van der Waals surface area contributed by atoms with Crippen LogP contribution in [0.25, 0.3) is 0 Å². The number of nitrogens with zero attached hydrogens (tertiary/aromatic N) is 3. The average Bonchev–Trinajstić information content (AvgIpc) is 2.68. The molecule has 0 saturated heterocycles. The van der Waals surface area contributed by atoms with Crippen molar-refractivity contribution in [2.45, 2.75) is 0 Å². The molecule has 0 unspecified atom stereocenters. The molecular formula is C19H15N5O2. The third-order valence-corrected chi connectivity index (χ3v) is 3.51. The lowest BCUT2D eigenvalue weighted by Crippen LogP contribution is -2.01. The summed E-state index contributed by atoms with van der Waals surface area (Å²) in [5, 5.41) is 15.2. The highest BCUT2D eigenvalue weighted by molar-refractivity contribution is 5.89. The molecule has 0 aliphatic rings. The summed E-state index contributed by atoms with van der Waals surface area (Å²) in [7, 11) is 1.34. The number of nitrogens with one attached hydrogen (secondary N) is 2. The maximum atomic E-state index is 11.5. The Morgan fingerprint density at radius 1 is 1.00 bits per heavy atom. The predicted molar refractivity (Wildman–Crippen MR) is 97.5 cm³/mol. The maximum absolute atomic E-state index is 11.5. The van der Waals surface area contributed by atoms with Gasteiger partial charge in [-0.2, -0.15) is 5.26 Å². The van der Waals surface area contributed by atoms with Crippen LogP contribution < -0.4 is 10.6 Å². The monoisotopic (exact) mass is 345 g/mol. The first-order chi connectivity index (χ1) is 12.7. The average molecular weight is 345 g/mol. The van der Waals surface area contributed by atoms with Gasteiger partial charge in [-0.15, -0.1) is 0 Å². The molecule has 0 atom stereocenters. The van der Waals surface area contributed by atoms with E-state index in [9.17, 15) is 4.79 Å². The summed E-state index contributed by atoms with van der Waals surface area (Å²) in [6.45, 7) is 0. The first-order valence-electron chi connectivity index (χ1n) is 7.72. The second kappa shape index (κ2) is 7.77. The zero-order valence-electron chi connectivity index (χ0n) is 13.9. The van der Waals surface area contributed by atoms with Gasteiger partial charge in [-0.3, -0.25) is 0 Å². The van der Waals surface area contributed by atoms with Gasteiger partial charge in [0.05, 0.1) is 24.3 Å². The van der Waals surface area contributed by atoms with Gasteiger partial charge in [0.25, 0.3) is 0 Å². The molecule has 2 aromatic carbocycles. The van der Waals surface area contributed by atoms with Gasteiger partial charge in [0.15, 0.2) is 0 Å². The molecule has 0 aliphatic carbocycles. The number of hydrogen-bond donors (Lipinski definition) is 2. The number of nitriles is 1.